The highest BCUT2D eigenvalue weighted by molar-refractivity contribution is 9.11. The van der Waals surface area contributed by atoms with Gasteiger partial charge >= 0.3 is 0 Å². The average molecular weight is 334 g/mol. The third-order valence-electron chi connectivity index (χ3n) is 2.31. The fourth-order valence-electron chi connectivity index (χ4n) is 1.40. The molecule has 2 aromatic heterocycles. The van der Waals surface area contributed by atoms with Crippen molar-refractivity contribution in [2.24, 2.45) is 0 Å². The first kappa shape index (κ1) is 13.0. The topological polar surface area (TPSA) is 43.1 Å². The first-order valence-electron chi connectivity index (χ1n) is 5.05. The lowest BCUT2D eigenvalue weighted by Gasteiger charge is -1.96. The lowest BCUT2D eigenvalue weighted by molar-refractivity contribution is 0.487. The van der Waals surface area contributed by atoms with Crippen molar-refractivity contribution in [3.63, 3.8) is 0 Å². The average Bonchev–Trinajstić information content (AvgIpc) is 2.75. The third kappa shape index (κ3) is 3.50. The Balaban J connectivity index is 1.97. The summed E-state index contributed by atoms with van der Waals surface area (Å²) in [7, 11) is -0.974. The number of oxazole rings is 1. The zero-order valence-corrected chi connectivity index (χ0v) is 12.7. The van der Waals surface area contributed by atoms with Gasteiger partial charge in [0.15, 0.2) is 0 Å². The molecule has 17 heavy (non-hydrogen) atoms. The highest BCUT2D eigenvalue weighted by Gasteiger charge is 2.11. The number of aromatic nitrogens is 1. The van der Waals surface area contributed by atoms with E-state index in [0.717, 1.165) is 20.8 Å². The van der Waals surface area contributed by atoms with Crippen LogP contribution in [-0.2, 0) is 22.3 Å². The molecule has 0 aromatic carbocycles. The van der Waals surface area contributed by atoms with Gasteiger partial charge in [-0.25, -0.2) is 4.98 Å². The van der Waals surface area contributed by atoms with E-state index < -0.39 is 10.8 Å². The molecule has 0 aliphatic rings. The van der Waals surface area contributed by atoms with Crippen LogP contribution >= 0.6 is 27.3 Å². The van der Waals surface area contributed by atoms with Gasteiger partial charge in [-0.1, -0.05) is 0 Å². The Bertz CT molecular complexity index is 528. The second-order valence-corrected chi connectivity index (χ2v) is 7.48. The number of halogens is 1. The van der Waals surface area contributed by atoms with Gasteiger partial charge in [0.25, 0.3) is 0 Å². The standard InChI is InChI=1S/C11H12BrNO2S2/c1-7-8(2)15-11(13-7)6-17(14)5-9-3-10(12)16-4-9/h3-4H,5-6H2,1-2H3/t17-/m1/s1. The monoisotopic (exact) mass is 333 g/mol. The molecule has 0 N–H and O–H groups in total. The van der Waals surface area contributed by atoms with Crippen LogP contribution in [0.15, 0.2) is 19.6 Å². The largest absolute Gasteiger partial charge is 0.445 e. The van der Waals surface area contributed by atoms with Gasteiger partial charge in [0.05, 0.1) is 9.48 Å². The van der Waals surface area contributed by atoms with Crippen molar-refractivity contribution in [3.8, 4) is 0 Å². The highest BCUT2D eigenvalue weighted by Crippen LogP contribution is 2.22. The summed E-state index contributed by atoms with van der Waals surface area (Å²) in [6.45, 7) is 3.76. The Morgan fingerprint density at radius 1 is 1.47 bits per heavy atom. The molecule has 0 saturated carbocycles. The van der Waals surface area contributed by atoms with E-state index in [-0.39, 0.29) is 0 Å². The zero-order chi connectivity index (χ0) is 12.4. The summed E-state index contributed by atoms with van der Waals surface area (Å²) in [4.78, 5) is 4.23. The minimum Gasteiger partial charge on any atom is -0.445 e. The van der Waals surface area contributed by atoms with Crippen molar-refractivity contribution in [1.29, 1.82) is 0 Å². The maximum Gasteiger partial charge on any atom is 0.207 e. The molecule has 0 bridgehead atoms. The molecule has 6 heteroatoms. The maximum atomic E-state index is 11.9. The van der Waals surface area contributed by atoms with Crippen LogP contribution in [0.1, 0.15) is 22.9 Å². The molecule has 2 heterocycles. The summed E-state index contributed by atoms with van der Waals surface area (Å²) < 4.78 is 18.4. The summed E-state index contributed by atoms with van der Waals surface area (Å²) in [6.07, 6.45) is 0. The molecule has 2 aromatic rings. The van der Waals surface area contributed by atoms with Gasteiger partial charge in [-0.05, 0) is 46.8 Å². The summed E-state index contributed by atoms with van der Waals surface area (Å²) in [5.74, 6) is 2.29. The molecular formula is C11H12BrNO2S2. The smallest absolute Gasteiger partial charge is 0.207 e. The molecule has 1 atom stereocenters. The van der Waals surface area contributed by atoms with Crippen molar-refractivity contribution in [2.45, 2.75) is 25.4 Å². The Morgan fingerprint density at radius 3 is 2.76 bits per heavy atom. The van der Waals surface area contributed by atoms with E-state index in [0.29, 0.717) is 17.4 Å². The van der Waals surface area contributed by atoms with Crippen LogP contribution in [0.4, 0.5) is 0 Å². The summed E-state index contributed by atoms with van der Waals surface area (Å²) in [5.41, 5.74) is 1.95. The number of nitrogens with zero attached hydrogens (tertiary/aromatic N) is 1. The van der Waals surface area contributed by atoms with E-state index in [4.69, 9.17) is 4.42 Å². The number of rotatable bonds is 4. The summed E-state index contributed by atoms with van der Waals surface area (Å²) in [6, 6.07) is 1.99. The van der Waals surface area contributed by atoms with Crippen LogP contribution < -0.4 is 0 Å². The fourth-order valence-corrected chi connectivity index (χ4v) is 3.75. The van der Waals surface area contributed by atoms with Crippen LogP contribution in [0.5, 0.6) is 0 Å². The molecule has 0 aliphatic heterocycles. The van der Waals surface area contributed by atoms with E-state index in [1.54, 1.807) is 11.3 Å². The van der Waals surface area contributed by atoms with Gasteiger partial charge in [-0.3, -0.25) is 4.21 Å². The quantitative estimate of drug-likeness (QED) is 0.859. The van der Waals surface area contributed by atoms with E-state index in [9.17, 15) is 4.21 Å². The summed E-state index contributed by atoms with van der Waals surface area (Å²) in [5, 5.41) is 2.01. The van der Waals surface area contributed by atoms with Crippen molar-refractivity contribution >= 4 is 38.1 Å². The molecule has 0 aliphatic carbocycles. The van der Waals surface area contributed by atoms with Crippen molar-refractivity contribution in [3.05, 3.63) is 38.1 Å². The number of hydrogen-bond donors (Lipinski definition) is 0. The molecule has 0 fully saturated rings. The van der Waals surface area contributed by atoms with Gasteiger partial charge < -0.3 is 4.42 Å². The zero-order valence-electron chi connectivity index (χ0n) is 9.53. The highest BCUT2D eigenvalue weighted by atomic mass is 79.9. The van der Waals surface area contributed by atoms with Crippen LogP contribution in [0.2, 0.25) is 0 Å². The van der Waals surface area contributed by atoms with E-state index in [1.807, 2.05) is 25.3 Å². The molecule has 0 saturated heterocycles. The van der Waals surface area contributed by atoms with Crippen LogP contribution in [-0.4, -0.2) is 9.19 Å². The normalized spacial score (nSPS) is 12.9. The van der Waals surface area contributed by atoms with Crippen LogP contribution in [0, 0.1) is 13.8 Å². The molecule has 0 radical (unpaired) electrons. The van der Waals surface area contributed by atoms with Crippen molar-refractivity contribution in [1.82, 2.24) is 4.98 Å². The molecule has 2 rings (SSSR count). The third-order valence-corrected chi connectivity index (χ3v) is 5.08. The van der Waals surface area contributed by atoms with E-state index >= 15 is 0 Å². The SMILES string of the molecule is Cc1nc(C[S@](=O)Cc2csc(Br)c2)oc1C. The lowest BCUT2D eigenvalue weighted by atomic mass is 10.4. The van der Waals surface area contributed by atoms with Gasteiger partial charge in [0.1, 0.15) is 11.5 Å². The Morgan fingerprint density at radius 2 is 2.24 bits per heavy atom. The van der Waals surface area contributed by atoms with Gasteiger partial charge in [0, 0.05) is 16.6 Å². The minimum absolute atomic E-state index is 0.377. The number of thiophene rings is 1. The van der Waals surface area contributed by atoms with Gasteiger partial charge in [0.2, 0.25) is 5.89 Å². The molecule has 0 spiro atoms. The number of aryl methyl sites for hydroxylation is 2. The number of hydrogen-bond acceptors (Lipinski definition) is 4. The maximum absolute atomic E-state index is 11.9. The first-order valence-corrected chi connectivity index (χ1v) is 8.21. The van der Waals surface area contributed by atoms with Crippen LogP contribution in [0.3, 0.4) is 0 Å². The molecular weight excluding hydrogens is 322 g/mol. The molecule has 0 unspecified atom stereocenters. The first-order chi connectivity index (χ1) is 8.04. The second kappa shape index (κ2) is 5.46. The van der Waals surface area contributed by atoms with E-state index in [1.165, 1.54) is 0 Å². The van der Waals surface area contributed by atoms with Gasteiger partial charge in [-0.15, -0.1) is 11.3 Å². The Kier molecular flexibility index (Phi) is 4.17. The molecule has 3 nitrogen and oxygen atoms in total. The predicted octanol–water partition coefficient (Wildman–Crippen LogP) is 3.56. The van der Waals surface area contributed by atoms with Gasteiger partial charge in [-0.2, -0.15) is 0 Å². The fraction of sp³-hybridized carbons (Fsp3) is 0.364. The second-order valence-electron chi connectivity index (χ2n) is 3.74. The predicted molar refractivity (Wildman–Crippen MR) is 73.5 cm³/mol. The lowest BCUT2D eigenvalue weighted by Crippen LogP contribution is -1.98. The minimum atomic E-state index is -0.974. The van der Waals surface area contributed by atoms with Crippen LogP contribution in [0.25, 0.3) is 0 Å². The Hall–Kier alpha value is -0.460. The molecule has 0 amide bonds. The van der Waals surface area contributed by atoms with Crippen molar-refractivity contribution < 1.29 is 8.63 Å². The Labute approximate surface area is 115 Å². The summed E-state index contributed by atoms with van der Waals surface area (Å²) >= 11 is 4.99. The van der Waals surface area contributed by atoms with E-state index in [2.05, 4.69) is 20.9 Å². The van der Waals surface area contributed by atoms with Crippen molar-refractivity contribution in [2.75, 3.05) is 0 Å². The molecule has 92 valence electrons.